The number of anilines is 1. The molecule has 0 bridgehead atoms. The van der Waals surface area contributed by atoms with Crippen LogP contribution in [-0.2, 0) is 13.0 Å². The summed E-state index contributed by atoms with van der Waals surface area (Å²) in [7, 11) is 4.07. The highest BCUT2D eigenvalue weighted by atomic mass is 15.1. The standard InChI is InChI=1S/C13H23N3/c1-5-7-14-10-11-8-12(6-2)15-13(9-11)16(3)4/h8-9,14H,5-7,10H2,1-4H3. The van der Waals surface area contributed by atoms with E-state index in [4.69, 9.17) is 0 Å². The molecule has 1 heterocycles. The minimum atomic E-state index is 0.935. The van der Waals surface area contributed by atoms with Gasteiger partial charge in [0, 0.05) is 26.3 Å². The Balaban J connectivity index is 2.78. The van der Waals surface area contributed by atoms with Gasteiger partial charge >= 0.3 is 0 Å². The van der Waals surface area contributed by atoms with Crippen LogP contribution in [0.1, 0.15) is 31.5 Å². The van der Waals surface area contributed by atoms with Gasteiger partial charge in [-0.15, -0.1) is 0 Å². The number of aromatic nitrogens is 1. The number of nitrogens with zero attached hydrogens (tertiary/aromatic N) is 2. The molecule has 0 amide bonds. The van der Waals surface area contributed by atoms with Crippen molar-refractivity contribution in [3.8, 4) is 0 Å². The lowest BCUT2D eigenvalue weighted by atomic mass is 10.2. The Labute approximate surface area is 98.9 Å². The highest BCUT2D eigenvalue weighted by molar-refractivity contribution is 5.41. The van der Waals surface area contributed by atoms with Crippen LogP contribution in [-0.4, -0.2) is 25.6 Å². The summed E-state index contributed by atoms with van der Waals surface area (Å²) < 4.78 is 0. The summed E-state index contributed by atoms with van der Waals surface area (Å²) in [6.07, 6.45) is 2.16. The molecule has 16 heavy (non-hydrogen) atoms. The van der Waals surface area contributed by atoms with Crippen molar-refractivity contribution in [1.82, 2.24) is 10.3 Å². The smallest absolute Gasteiger partial charge is 0.128 e. The molecule has 0 aromatic carbocycles. The summed E-state index contributed by atoms with van der Waals surface area (Å²) in [5.74, 6) is 1.05. The van der Waals surface area contributed by atoms with Crippen molar-refractivity contribution in [2.24, 2.45) is 0 Å². The molecule has 0 saturated carbocycles. The fraction of sp³-hybridized carbons (Fsp3) is 0.615. The maximum absolute atomic E-state index is 4.58. The van der Waals surface area contributed by atoms with Crippen molar-refractivity contribution in [3.05, 3.63) is 23.4 Å². The van der Waals surface area contributed by atoms with E-state index in [9.17, 15) is 0 Å². The molecule has 3 heteroatoms. The average molecular weight is 221 g/mol. The lowest BCUT2D eigenvalue weighted by molar-refractivity contribution is 0.674. The van der Waals surface area contributed by atoms with E-state index < -0.39 is 0 Å². The lowest BCUT2D eigenvalue weighted by Crippen LogP contribution is -2.16. The second-order valence-electron chi connectivity index (χ2n) is 4.25. The number of aryl methyl sites for hydroxylation is 1. The van der Waals surface area contributed by atoms with Crippen LogP contribution in [0.25, 0.3) is 0 Å². The van der Waals surface area contributed by atoms with Crippen LogP contribution in [0.3, 0.4) is 0 Å². The predicted molar refractivity (Wildman–Crippen MR) is 69.9 cm³/mol. The number of hydrogen-bond acceptors (Lipinski definition) is 3. The van der Waals surface area contributed by atoms with Gasteiger partial charge in [0.1, 0.15) is 5.82 Å². The zero-order chi connectivity index (χ0) is 12.0. The maximum atomic E-state index is 4.58. The van der Waals surface area contributed by atoms with E-state index in [0.717, 1.165) is 25.3 Å². The highest BCUT2D eigenvalue weighted by Crippen LogP contribution is 2.13. The second kappa shape index (κ2) is 6.48. The maximum Gasteiger partial charge on any atom is 0.128 e. The molecule has 0 aliphatic carbocycles. The van der Waals surface area contributed by atoms with E-state index in [1.54, 1.807) is 0 Å². The van der Waals surface area contributed by atoms with Gasteiger partial charge in [0.2, 0.25) is 0 Å². The number of pyridine rings is 1. The first-order valence-electron chi connectivity index (χ1n) is 6.05. The first kappa shape index (κ1) is 13.0. The molecule has 0 spiro atoms. The summed E-state index contributed by atoms with van der Waals surface area (Å²) in [5.41, 5.74) is 2.49. The Morgan fingerprint density at radius 1 is 1.25 bits per heavy atom. The SMILES string of the molecule is CCCNCc1cc(CC)nc(N(C)C)c1. The van der Waals surface area contributed by atoms with Gasteiger partial charge in [-0.05, 0) is 37.1 Å². The number of rotatable bonds is 6. The van der Waals surface area contributed by atoms with E-state index in [0.29, 0.717) is 0 Å². The minimum absolute atomic E-state index is 0.935. The van der Waals surface area contributed by atoms with E-state index in [-0.39, 0.29) is 0 Å². The molecule has 0 aliphatic rings. The van der Waals surface area contributed by atoms with Crippen molar-refractivity contribution in [3.63, 3.8) is 0 Å². The molecule has 1 aromatic rings. The zero-order valence-corrected chi connectivity index (χ0v) is 10.9. The van der Waals surface area contributed by atoms with Gasteiger partial charge in [-0.1, -0.05) is 13.8 Å². The van der Waals surface area contributed by atoms with Gasteiger partial charge in [-0.25, -0.2) is 4.98 Å². The molecule has 0 unspecified atom stereocenters. The quantitative estimate of drug-likeness (QED) is 0.747. The predicted octanol–water partition coefficient (Wildman–Crippen LogP) is 2.21. The Kier molecular flexibility index (Phi) is 5.26. The average Bonchev–Trinajstić information content (AvgIpc) is 2.29. The Bertz CT molecular complexity index is 321. The van der Waals surface area contributed by atoms with E-state index in [1.165, 1.54) is 17.7 Å². The highest BCUT2D eigenvalue weighted by Gasteiger charge is 2.03. The summed E-state index contributed by atoms with van der Waals surface area (Å²) >= 11 is 0. The molecule has 1 rings (SSSR count). The Morgan fingerprint density at radius 2 is 2.00 bits per heavy atom. The van der Waals surface area contributed by atoms with E-state index in [2.05, 4.69) is 41.2 Å². The van der Waals surface area contributed by atoms with Gasteiger partial charge < -0.3 is 10.2 Å². The van der Waals surface area contributed by atoms with Gasteiger partial charge in [0.25, 0.3) is 0 Å². The number of nitrogens with one attached hydrogen (secondary N) is 1. The van der Waals surface area contributed by atoms with Crippen LogP contribution in [0.2, 0.25) is 0 Å². The Morgan fingerprint density at radius 3 is 2.56 bits per heavy atom. The second-order valence-corrected chi connectivity index (χ2v) is 4.25. The lowest BCUT2D eigenvalue weighted by Gasteiger charge is -2.14. The molecule has 3 nitrogen and oxygen atoms in total. The normalized spacial score (nSPS) is 10.5. The topological polar surface area (TPSA) is 28.2 Å². The van der Waals surface area contributed by atoms with E-state index >= 15 is 0 Å². The van der Waals surface area contributed by atoms with Crippen molar-refractivity contribution in [2.75, 3.05) is 25.5 Å². The van der Waals surface area contributed by atoms with Crippen LogP contribution < -0.4 is 10.2 Å². The van der Waals surface area contributed by atoms with Crippen molar-refractivity contribution in [1.29, 1.82) is 0 Å². The van der Waals surface area contributed by atoms with E-state index in [1.807, 2.05) is 14.1 Å². The molecular formula is C13H23N3. The van der Waals surface area contributed by atoms with Crippen LogP contribution in [0, 0.1) is 0 Å². The van der Waals surface area contributed by atoms with Crippen LogP contribution in [0.4, 0.5) is 5.82 Å². The first-order valence-corrected chi connectivity index (χ1v) is 6.05. The van der Waals surface area contributed by atoms with Crippen molar-refractivity contribution < 1.29 is 0 Å². The summed E-state index contributed by atoms with van der Waals surface area (Å²) in [4.78, 5) is 6.64. The van der Waals surface area contributed by atoms with Gasteiger partial charge in [0.05, 0.1) is 0 Å². The van der Waals surface area contributed by atoms with Crippen LogP contribution >= 0.6 is 0 Å². The zero-order valence-electron chi connectivity index (χ0n) is 10.9. The Hall–Kier alpha value is -1.09. The third kappa shape index (κ3) is 3.81. The monoisotopic (exact) mass is 221 g/mol. The first-order chi connectivity index (χ1) is 7.67. The molecule has 1 aromatic heterocycles. The largest absolute Gasteiger partial charge is 0.363 e. The number of hydrogen-bond donors (Lipinski definition) is 1. The van der Waals surface area contributed by atoms with Gasteiger partial charge in [-0.2, -0.15) is 0 Å². The molecule has 0 saturated heterocycles. The molecule has 90 valence electrons. The third-order valence-electron chi connectivity index (χ3n) is 2.50. The minimum Gasteiger partial charge on any atom is -0.363 e. The molecule has 0 atom stereocenters. The van der Waals surface area contributed by atoms with Gasteiger partial charge in [0.15, 0.2) is 0 Å². The fourth-order valence-corrected chi connectivity index (χ4v) is 1.55. The molecule has 1 N–H and O–H groups in total. The van der Waals surface area contributed by atoms with Crippen molar-refractivity contribution in [2.45, 2.75) is 33.2 Å². The van der Waals surface area contributed by atoms with Crippen LogP contribution in [0.5, 0.6) is 0 Å². The molecule has 0 fully saturated rings. The van der Waals surface area contributed by atoms with Crippen LogP contribution in [0.15, 0.2) is 12.1 Å². The summed E-state index contributed by atoms with van der Waals surface area (Å²) in [5, 5.41) is 3.42. The van der Waals surface area contributed by atoms with Gasteiger partial charge in [-0.3, -0.25) is 0 Å². The third-order valence-corrected chi connectivity index (χ3v) is 2.50. The molecule has 0 aliphatic heterocycles. The summed E-state index contributed by atoms with van der Waals surface area (Å²) in [6.45, 7) is 6.33. The molecular weight excluding hydrogens is 198 g/mol. The van der Waals surface area contributed by atoms with Crippen molar-refractivity contribution >= 4 is 5.82 Å². The molecule has 0 radical (unpaired) electrons. The fourth-order valence-electron chi connectivity index (χ4n) is 1.55. The summed E-state index contributed by atoms with van der Waals surface area (Å²) in [6, 6.07) is 4.34.